The number of hydrogen-bond acceptors (Lipinski definition) is 7. The number of carbonyl (C=O) groups excluding carboxylic acids is 1. The van der Waals surface area contributed by atoms with Crippen molar-refractivity contribution in [1.29, 1.82) is 0 Å². The Hall–Kier alpha value is -2.42. The number of ether oxygens (including phenoxy) is 2. The van der Waals surface area contributed by atoms with E-state index < -0.39 is 0 Å². The van der Waals surface area contributed by atoms with E-state index in [1.165, 1.54) is 7.11 Å². The molecule has 1 saturated carbocycles. The maximum absolute atomic E-state index is 12.8. The molecule has 1 aliphatic rings. The van der Waals surface area contributed by atoms with Gasteiger partial charge in [0.2, 0.25) is 5.95 Å². The van der Waals surface area contributed by atoms with Crippen LogP contribution in [0.4, 0.5) is 5.95 Å². The molecule has 0 radical (unpaired) electrons. The minimum atomic E-state index is -0.128. The van der Waals surface area contributed by atoms with Gasteiger partial charge in [0.1, 0.15) is 5.52 Å². The summed E-state index contributed by atoms with van der Waals surface area (Å²) in [6, 6.07) is 0. The first-order valence-electron chi connectivity index (χ1n) is 10.7. The van der Waals surface area contributed by atoms with Crippen LogP contribution in [-0.2, 0) is 27.9 Å². The molecular formula is C21H35N5O4. The Labute approximate surface area is 178 Å². The average molecular weight is 422 g/mol. The quantitative estimate of drug-likeness (QED) is 0.633. The molecule has 0 spiro atoms. The van der Waals surface area contributed by atoms with Gasteiger partial charge in [0, 0.05) is 34.3 Å². The topological polar surface area (TPSA) is 91.5 Å². The van der Waals surface area contributed by atoms with Crippen molar-refractivity contribution in [2.75, 3.05) is 39.3 Å². The number of methoxy groups -OCH3 is 2. The van der Waals surface area contributed by atoms with Crippen LogP contribution in [0.25, 0.3) is 11.2 Å². The van der Waals surface area contributed by atoms with Gasteiger partial charge in [-0.1, -0.05) is 13.8 Å². The maximum Gasteiger partial charge on any atom is 0.330 e. The fraction of sp³-hybridized carbons (Fsp3) is 0.714. The molecule has 9 nitrogen and oxygen atoms in total. The van der Waals surface area contributed by atoms with Crippen molar-refractivity contribution in [3.63, 3.8) is 0 Å². The van der Waals surface area contributed by atoms with Crippen LogP contribution in [0.5, 0.6) is 0 Å². The number of carbonyl (C=O) groups is 1. The van der Waals surface area contributed by atoms with E-state index in [-0.39, 0.29) is 17.6 Å². The van der Waals surface area contributed by atoms with Gasteiger partial charge in [-0.05, 0) is 31.6 Å². The molecule has 0 saturated heterocycles. The second-order valence-corrected chi connectivity index (χ2v) is 7.49. The Bertz CT molecular complexity index is 883. The van der Waals surface area contributed by atoms with Gasteiger partial charge in [0.25, 0.3) is 0 Å². The van der Waals surface area contributed by atoms with Crippen LogP contribution in [0.2, 0.25) is 0 Å². The van der Waals surface area contributed by atoms with Crippen LogP contribution >= 0.6 is 0 Å². The number of hydrogen-bond donors (Lipinski definition) is 0. The zero-order valence-corrected chi connectivity index (χ0v) is 19.1. The predicted molar refractivity (Wildman–Crippen MR) is 117 cm³/mol. The van der Waals surface area contributed by atoms with Crippen molar-refractivity contribution in [3.8, 4) is 0 Å². The maximum atomic E-state index is 12.8. The third-order valence-corrected chi connectivity index (χ3v) is 5.67. The molecule has 0 unspecified atom stereocenters. The molecule has 1 fully saturated rings. The zero-order valence-electron chi connectivity index (χ0n) is 19.1. The van der Waals surface area contributed by atoms with Crippen molar-refractivity contribution in [1.82, 2.24) is 19.1 Å². The van der Waals surface area contributed by atoms with E-state index in [4.69, 9.17) is 9.47 Å². The molecule has 0 atom stereocenters. The van der Waals surface area contributed by atoms with Gasteiger partial charge in [-0.25, -0.2) is 9.78 Å². The molecule has 168 valence electrons. The fourth-order valence-electron chi connectivity index (χ4n) is 3.85. The Balaban J connectivity index is 0.00000155. The van der Waals surface area contributed by atoms with E-state index >= 15 is 0 Å². The highest BCUT2D eigenvalue weighted by Crippen LogP contribution is 2.31. The van der Waals surface area contributed by atoms with Crippen molar-refractivity contribution in [2.45, 2.75) is 46.1 Å². The van der Waals surface area contributed by atoms with Crippen molar-refractivity contribution in [3.05, 3.63) is 16.7 Å². The Morgan fingerprint density at radius 3 is 2.50 bits per heavy atom. The van der Waals surface area contributed by atoms with Gasteiger partial charge in [0.15, 0.2) is 5.65 Å². The largest absolute Gasteiger partial charge is 0.469 e. The van der Waals surface area contributed by atoms with Crippen LogP contribution in [0.1, 0.15) is 39.5 Å². The van der Waals surface area contributed by atoms with E-state index in [9.17, 15) is 9.59 Å². The second kappa shape index (κ2) is 11.1. The number of likely N-dealkylation sites (N-methyl/N-ethyl adjacent to an activating group) is 1. The highest BCUT2D eigenvalue weighted by molar-refractivity contribution is 5.72. The Kier molecular flexibility index (Phi) is 8.83. The van der Waals surface area contributed by atoms with Gasteiger partial charge < -0.3 is 14.4 Å². The first-order valence-corrected chi connectivity index (χ1v) is 10.7. The lowest BCUT2D eigenvalue weighted by molar-refractivity contribution is -0.146. The van der Waals surface area contributed by atoms with Crippen LogP contribution in [-0.4, -0.2) is 59.5 Å². The van der Waals surface area contributed by atoms with Gasteiger partial charge in [-0.3, -0.25) is 13.9 Å². The summed E-state index contributed by atoms with van der Waals surface area (Å²) in [6.45, 7) is 5.84. The highest BCUT2D eigenvalue weighted by atomic mass is 16.5. The summed E-state index contributed by atoms with van der Waals surface area (Å²) in [5, 5.41) is 0. The van der Waals surface area contributed by atoms with E-state index in [1.54, 1.807) is 29.5 Å². The van der Waals surface area contributed by atoms with Crippen LogP contribution < -0.4 is 10.6 Å². The van der Waals surface area contributed by atoms with Gasteiger partial charge in [-0.2, -0.15) is 4.98 Å². The molecule has 0 amide bonds. The smallest absolute Gasteiger partial charge is 0.330 e. The molecule has 1 aliphatic carbocycles. The summed E-state index contributed by atoms with van der Waals surface area (Å²) in [4.78, 5) is 35.5. The summed E-state index contributed by atoms with van der Waals surface area (Å²) in [5.41, 5.74) is 1.28. The molecule has 0 bridgehead atoms. The zero-order chi connectivity index (χ0) is 22.3. The third-order valence-electron chi connectivity index (χ3n) is 5.67. The third kappa shape index (κ3) is 5.19. The molecule has 2 heterocycles. The van der Waals surface area contributed by atoms with Crippen LogP contribution in [0.15, 0.2) is 11.0 Å². The first kappa shape index (κ1) is 23.9. The summed E-state index contributed by atoms with van der Waals surface area (Å²) in [7, 11) is 6.74. The Morgan fingerprint density at radius 2 is 1.90 bits per heavy atom. The predicted octanol–water partition coefficient (Wildman–Crippen LogP) is 2.22. The molecule has 3 rings (SSSR count). The minimum Gasteiger partial charge on any atom is -0.469 e. The van der Waals surface area contributed by atoms with Crippen molar-refractivity contribution in [2.24, 2.45) is 18.9 Å². The summed E-state index contributed by atoms with van der Waals surface area (Å²) in [5.74, 6) is 0.762. The van der Waals surface area contributed by atoms with Crippen molar-refractivity contribution >= 4 is 23.1 Å². The number of anilines is 1. The Morgan fingerprint density at radius 1 is 1.23 bits per heavy atom. The lowest BCUT2D eigenvalue weighted by Crippen LogP contribution is -2.29. The van der Waals surface area contributed by atoms with Gasteiger partial charge in [-0.15, -0.1) is 0 Å². The summed E-state index contributed by atoms with van der Waals surface area (Å²) >= 11 is 0. The first-order chi connectivity index (χ1) is 14.5. The molecule has 2 aromatic heterocycles. The number of esters is 1. The molecule has 0 N–H and O–H groups in total. The number of aryl methyl sites for hydroxylation is 1. The second-order valence-electron chi connectivity index (χ2n) is 7.49. The molecule has 2 aromatic rings. The fourth-order valence-corrected chi connectivity index (χ4v) is 3.85. The normalized spacial score (nSPS) is 18.6. The van der Waals surface area contributed by atoms with Crippen LogP contribution in [0.3, 0.4) is 0 Å². The molecule has 0 aliphatic heterocycles. The number of fused-ring (bicyclic) bond motifs is 1. The number of rotatable bonds is 7. The van der Waals surface area contributed by atoms with Gasteiger partial charge in [0.05, 0.1) is 25.8 Å². The lowest BCUT2D eigenvalue weighted by atomic mass is 9.82. The van der Waals surface area contributed by atoms with Crippen LogP contribution in [0, 0.1) is 11.8 Å². The molecule has 9 heteroatoms. The monoisotopic (exact) mass is 421 g/mol. The molecule has 30 heavy (non-hydrogen) atoms. The minimum absolute atomic E-state index is 0.0196. The summed E-state index contributed by atoms with van der Waals surface area (Å²) < 4.78 is 13.3. The highest BCUT2D eigenvalue weighted by Gasteiger charge is 2.28. The van der Waals surface area contributed by atoms with Crippen molar-refractivity contribution < 1.29 is 14.3 Å². The number of nitrogens with zero attached hydrogens (tertiary/aromatic N) is 5. The lowest BCUT2D eigenvalue weighted by Gasteiger charge is -2.27. The average Bonchev–Trinajstić information content (AvgIpc) is 3.03. The van der Waals surface area contributed by atoms with Gasteiger partial charge >= 0.3 is 11.7 Å². The molecule has 0 aromatic carbocycles. The standard InChI is InChI=1S/C19H29N5O4.C2H6/c1-22(9-10-27-3)18-20-11-15-16(21-18)24(19(26)23(15)2)12-13-5-7-14(8-6-13)17(25)28-4;1-2/h11,13-14H,5-10,12H2,1-4H3;1-2H3. The molecular weight excluding hydrogens is 386 g/mol. The van der Waals surface area contributed by atoms with E-state index in [0.717, 1.165) is 31.2 Å². The van der Waals surface area contributed by atoms with E-state index in [1.807, 2.05) is 25.8 Å². The SMILES string of the molecule is CC.COCCN(C)c1ncc2c(n1)n(CC1CCC(C(=O)OC)CC1)c(=O)n2C. The van der Waals surface area contributed by atoms with E-state index in [2.05, 4.69) is 9.97 Å². The summed E-state index contributed by atoms with van der Waals surface area (Å²) in [6.07, 6.45) is 5.10. The number of aromatic nitrogens is 4. The van der Waals surface area contributed by atoms with E-state index in [0.29, 0.717) is 37.2 Å². The number of imidazole rings is 1.